The number of nitrogens with one attached hydrogen (secondary N) is 1. The minimum absolute atomic E-state index is 1.24. The summed E-state index contributed by atoms with van der Waals surface area (Å²) in [6.45, 7) is 7.07. The molecule has 1 heteroatoms. The summed E-state index contributed by atoms with van der Waals surface area (Å²) in [5, 5.41) is 3.62. The molecule has 0 saturated carbocycles. The molecule has 0 heterocycles. The van der Waals surface area contributed by atoms with E-state index in [1.807, 2.05) is 0 Å². The molecule has 0 aromatic rings. The normalized spacial score (nSPS) is 11.3. The maximum atomic E-state index is 3.62. The van der Waals surface area contributed by atoms with E-state index in [4.69, 9.17) is 0 Å². The molecular weight excluding hydrogens is 302 g/mol. The van der Waals surface area contributed by atoms with Crippen molar-refractivity contribution in [2.45, 2.75) is 142 Å². The Kier molecular flexibility index (Phi) is 23.9. The predicted molar refractivity (Wildman–Crippen MR) is 117 cm³/mol. The van der Waals surface area contributed by atoms with E-state index >= 15 is 0 Å². The summed E-state index contributed by atoms with van der Waals surface area (Å²) in [7, 11) is 0. The van der Waals surface area contributed by atoms with Gasteiger partial charge in [-0.25, -0.2) is 0 Å². The van der Waals surface area contributed by atoms with E-state index in [0.717, 1.165) is 0 Å². The van der Waals surface area contributed by atoms with Crippen LogP contribution in [0.2, 0.25) is 0 Å². The second kappa shape index (κ2) is 24.0. The molecule has 0 aliphatic rings. The molecule has 0 atom stereocenters. The molecule has 1 N–H and O–H groups in total. The van der Waals surface area contributed by atoms with Gasteiger partial charge in [-0.3, -0.25) is 0 Å². The Morgan fingerprint density at radius 3 is 0.840 bits per heavy atom. The van der Waals surface area contributed by atoms with E-state index in [2.05, 4.69) is 19.2 Å². The zero-order chi connectivity index (χ0) is 18.3. The Morgan fingerprint density at radius 2 is 0.560 bits per heavy atom. The van der Waals surface area contributed by atoms with Crippen molar-refractivity contribution in [2.75, 3.05) is 13.1 Å². The van der Waals surface area contributed by atoms with Crippen LogP contribution in [0.25, 0.3) is 0 Å². The van der Waals surface area contributed by atoms with E-state index in [9.17, 15) is 0 Å². The third kappa shape index (κ3) is 24.0. The van der Waals surface area contributed by atoms with Crippen molar-refractivity contribution in [1.29, 1.82) is 0 Å². The molecule has 1 nitrogen and oxygen atoms in total. The zero-order valence-corrected chi connectivity index (χ0v) is 18.1. The molecule has 0 saturated heterocycles. The van der Waals surface area contributed by atoms with E-state index in [1.54, 1.807) is 0 Å². The van der Waals surface area contributed by atoms with Gasteiger partial charge in [0.05, 0.1) is 0 Å². The Labute approximate surface area is 161 Å². The van der Waals surface area contributed by atoms with Crippen molar-refractivity contribution in [2.24, 2.45) is 0 Å². The lowest BCUT2D eigenvalue weighted by atomic mass is 10.0. The molecule has 0 aliphatic carbocycles. The van der Waals surface area contributed by atoms with Gasteiger partial charge < -0.3 is 5.32 Å². The van der Waals surface area contributed by atoms with Gasteiger partial charge in [-0.15, -0.1) is 0 Å². The van der Waals surface area contributed by atoms with Crippen LogP contribution in [0.15, 0.2) is 0 Å². The van der Waals surface area contributed by atoms with Gasteiger partial charge in [0, 0.05) is 0 Å². The maximum Gasteiger partial charge on any atom is -0.00489 e. The SMILES string of the molecule is CCCCCCCCCCCCCCCCNCCCCCCCC. The van der Waals surface area contributed by atoms with E-state index in [-0.39, 0.29) is 0 Å². The van der Waals surface area contributed by atoms with Crippen molar-refractivity contribution >= 4 is 0 Å². The largest absolute Gasteiger partial charge is 0.317 e. The zero-order valence-electron chi connectivity index (χ0n) is 18.1. The molecule has 152 valence electrons. The lowest BCUT2D eigenvalue weighted by Gasteiger charge is -2.05. The smallest absolute Gasteiger partial charge is 0.00489 e. The summed E-state index contributed by atoms with van der Waals surface area (Å²) < 4.78 is 0. The number of hydrogen-bond donors (Lipinski definition) is 1. The van der Waals surface area contributed by atoms with Crippen LogP contribution in [-0.4, -0.2) is 13.1 Å². The Morgan fingerprint density at radius 1 is 0.320 bits per heavy atom. The van der Waals surface area contributed by atoms with Crippen LogP contribution in [0, 0.1) is 0 Å². The van der Waals surface area contributed by atoms with E-state index < -0.39 is 0 Å². The predicted octanol–water partition coefficient (Wildman–Crippen LogP) is 8.42. The van der Waals surface area contributed by atoms with Crippen molar-refractivity contribution in [3.8, 4) is 0 Å². The summed E-state index contributed by atoms with van der Waals surface area (Å²) in [6, 6.07) is 0. The molecule has 0 unspecified atom stereocenters. The van der Waals surface area contributed by atoms with Gasteiger partial charge in [0.2, 0.25) is 0 Å². The molecule has 0 amide bonds. The summed E-state index contributed by atoms with van der Waals surface area (Å²) in [5.41, 5.74) is 0. The van der Waals surface area contributed by atoms with Crippen LogP contribution in [0.4, 0.5) is 0 Å². The quantitative estimate of drug-likeness (QED) is 0.193. The third-order valence-electron chi connectivity index (χ3n) is 5.41. The van der Waals surface area contributed by atoms with Gasteiger partial charge in [0.15, 0.2) is 0 Å². The molecule has 0 aromatic carbocycles. The van der Waals surface area contributed by atoms with Crippen molar-refractivity contribution < 1.29 is 0 Å². The van der Waals surface area contributed by atoms with Crippen LogP contribution < -0.4 is 5.32 Å². The van der Waals surface area contributed by atoms with Crippen LogP contribution in [-0.2, 0) is 0 Å². The first-order valence-corrected chi connectivity index (χ1v) is 12.1. The third-order valence-corrected chi connectivity index (χ3v) is 5.41. The highest BCUT2D eigenvalue weighted by molar-refractivity contribution is 4.52. The molecular formula is C24H51N. The summed E-state index contributed by atoms with van der Waals surface area (Å²) in [4.78, 5) is 0. The van der Waals surface area contributed by atoms with Gasteiger partial charge in [-0.1, -0.05) is 129 Å². The topological polar surface area (TPSA) is 12.0 Å². The van der Waals surface area contributed by atoms with Crippen LogP contribution in [0.3, 0.4) is 0 Å². The average molecular weight is 354 g/mol. The fourth-order valence-electron chi connectivity index (χ4n) is 3.60. The molecule has 0 radical (unpaired) electrons. The monoisotopic (exact) mass is 353 g/mol. The van der Waals surface area contributed by atoms with E-state index in [0.29, 0.717) is 0 Å². The minimum Gasteiger partial charge on any atom is -0.317 e. The highest BCUT2D eigenvalue weighted by Gasteiger charge is 1.94. The van der Waals surface area contributed by atoms with Gasteiger partial charge in [-0.2, -0.15) is 0 Å². The molecule has 0 bridgehead atoms. The second-order valence-corrected chi connectivity index (χ2v) is 8.11. The highest BCUT2D eigenvalue weighted by atomic mass is 14.8. The van der Waals surface area contributed by atoms with Crippen LogP contribution in [0.5, 0.6) is 0 Å². The molecule has 25 heavy (non-hydrogen) atoms. The van der Waals surface area contributed by atoms with Gasteiger partial charge in [0.1, 0.15) is 0 Å². The summed E-state index contributed by atoms with van der Waals surface area (Å²) >= 11 is 0. The Balaban J connectivity index is 2.94. The summed E-state index contributed by atoms with van der Waals surface area (Å²) in [5.74, 6) is 0. The number of hydrogen-bond acceptors (Lipinski definition) is 1. The van der Waals surface area contributed by atoms with Crippen LogP contribution >= 0.6 is 0 Å². The lowest BCUT2D eigenvalue weighted by Crippen LogP contribution is -2.16. The average Bonchev–Trinajstić information content (AvgIpc) is 2.63. The first-order valence-electron chi connectivity index (χ1n) is 12.1. The Hall–Kier alpha value is -0.0400. The van der Waals surface area contributed by atoms with Crippen molar-refractivity contribution in [3.63, 3.8) is 0 Å². The first kappa shape index (κ1) is 25.0. The Bertz CT molecular complexity index is 192. The summed E-state index contributed by atoms with van der Waals surface area (Å²) in [6.07, 6.45) is 28.8. The fourth-order valence-corrected chi connectivity index (χ4v) is 3.60. The van der Waals surface area contributed by atoms with Gasteiger partial charge in [-0.05, 0) is 25.9 Å². The van der Waals surface area contributed by atoms with Crippen molar-refractivity contribution in [1.82, 2.24) is 5.32 Å². The van der Waals surface area contributed by atoms with Gasteiger partial charge in [0.25, 0.3) is 0 Å². The standard InChI is InChI=1S/C24H51N/c1-3-5-7-9-11-12-13-14-15-16-17-18-20-22-24-25-23-21-19-10-8-6-4-2/h25H,3-24H2,1-2H3. The minimum atomic E-state index is 1.24. The molecule has 0 aromatic heterocycles. The van der Waals surface area contributed by atoms with Crippen LogP contribution in [0.1, 0.15) is 142 Å². The van der Waals surface area contributed by atoms with Crippen molar-refractivity contribution in [3.05, 3.63) is 0 Å². The van der Waals surface area contributed by atoms with E-state index in [1.165, 1.54) is 142 Å². The molecule has 0 aliphatic heterocycles. The highest BCUT2D eigenvalue weighted by Crippen LogP contribution is 2.12. The first-order chi connectivity index (χ1) is 12.4. The number of rotatable bonds is 22. The molecule has 0 fully saturated rings. The lowest BCUT2D eigenvalue weighted by molar-refractivity contribution is 0.524. The number of unbranched alkanes of at least 4 members (excludes halogenated alkanes) is 18. The second-order valence-electron chi connectivity index (χ2n) is 8.11. The fraction of sp³-hybridized carbons (Fsp3) is 1.00. The molecule has 0 spiro atoms. The molecule has 0 rings (SSSR count). The maximum absolute atomic E-state index is 3.62. The van der Waals surface area contributed by atoms with Gasteiger partial charge >= 0.3 is 0 Å².